The molecule has 3 rings (SSSR count). The van der Waals surface area contributed by atoms with E-state index in [0.29, 0.717) is 32.6 Å². The third-order valence-electron chi connectivity index (χ3n) is 4.97. The van der Waals surface area contributed by atoms with E-state index in [9.17, 15) is 4.79 Å². The molecule has 1 aromatic carbocycles. The first-order valence-corrected chi connectivity index (χ1v) is 9.80. The van der Waals surface area contributed by atoms with E-state index in [1.807, 2.05) is 26.0 Å². The largest absolute Gasteiger partial charge is 0.380 e. The van der Waals surface area contributed by atoms with E-state index in [1.165, 1.54) is 5.56 Å². The number of nitrogens with two attached hydrogens (primary N) is 1. The monoisotopic (exact) mass is 380 g/mol. The number of pyridine rings is 1. The number of imidazole rings is 1. The number of hydrogen-bond acceptors (Lipinski definition) is 4. The Hall–Kier alpha value is -2.73. The summed E-state index contributed by atoms with van der Waals surface area (Å²) in [6.45, 7) is 7.84. The Balaban J connectivity index is 1.96. The number of primary amides is 1. The molecule has 28 heavy (non-hydrogen) atoms. The minimum atomic E-state index is -0.281. The molecule has 0 saturated carbocycles. The molecule has 3 aromatic rings. The van der Waals surface area contributed by atoms with Gasteiger partial charge in [0.2, 0.25) is 5.91 Å². The molecule has 0 bridgehead atoms. The molecule has 1 atom stereocenters. The summed E-state index contributed by atoms with van der Waals surface area (Å²) in [5, 5.41) is 0. The van der Waals surface area contributed by atoms with Crippen molar-refractivity contribution in [3.63, 3.8) is 0 Å². The van der Waals surface area contributed by atoms with Gasteiger partial charge in [0, 0.05) is 31.1 Å². The molecule has 6 heteroatoms. The number of carbonyl (C=O) groups is 1. The van der Waals surface area contributed by atoms with Crippen LogP contribution in [-0.2, 0) is 22.5 Å². The van der Waals surface area contributed by atoms with Gasteiger partial charge in [-0.2, -0.15) is 0 Å². The molecular formula is C22H28N4O2. The molecule has 1 amide bonds. The number of fused-ring (bicyclic) bond motifs is 1. The van der Waals surface area contributed by atoms with Crippen LogP contribution in [0, 0.1) is 12.8 Å². The highest BCUT2D eigenvalue weighted by atomic mass is 16.5. The average molecular weight is 380 g/mol. The van der Waals surface area contributed by atoms with Crippen LogP contribution in [0.5, 0.6) is 0 Å². The average Bonchev–Trinajstić information content (AvgIpc) is 3.03. The van der Waals surface area contributed by atoms with Gasteiger partial charge in [-0.1, -0.05) is 36.8 Å². The second kappa shape index (κ2) is 8.97. The van der Waals surface area contributed by atoms with Crippen LogP contribution in [-0.4, -0.2) is 33.7 Å². The van der Waals surface area contributed by atoms with E-state index in [0.717, 1.165) is 28.2 Å². The fraction of sp³-hybridized carbons (Fsp3) is 0.409. The first kappa shape index (κ1) is 20.0. The summed E-state index contributed by atoms with van der Waals surface area (Å²) in [6.07, 6.45) is 1.34. The first-order chi connectivity index (χ1) is 13.5. The number of rotatable bonds is 9. The van der Waals surface area contributed by atoms with Crippen LogP contribution in [0.1, 0.15) is 31.7 Å². The van der Waals surface area contributed by atoms with E-state index in [-0.39, 0.29) is 11.8 Å². The van der Waals surface area contributed by atoms with E-state index < -0.39 is 0 Å². The molecule has 0 aliphatic carbocycles. The molecule has 6 nitrogen and oxygen atoms in total. The first-order valence-electron chi connectivity index (χ1n) is 9.80. The van der Waals surface area contributed by atoms with Gasteiger partial charge in [-0.3, -0.25) is 4.79 Å². The van der Waals surface area contributed by atoms with Gasteiger partial charge in [-0.15, -0.1) is 0 Å². The lowest BCUT2D eigenvalue weighted by molar-refractivity contribution is -0.121. The molecule has 0 unspecified atom stereocenters. The third-order valence-corrected chi connectivity index (χ3v) is 4.97. The maximum atomic E-state index is 11.4. The van der Waals surface area contributed by atoms with Crippen molar-refractivity contribution >= 4 is 17.1 Å². The number of aryl methyl sites for hydroxylation is 2. The second-order valence-corrected chi connectivity index (χ2v) is 7.12. The van der Waals surface area contributed by atoms with Crippen LogP contribution < -0.4 is 5.73 Å². The van der Waals surface area contributed by atoms with Crippen LogP contribution in [0.4, 0.5) is 0 Å². The zero-order chi connectivity index (χ0) is 20.1. The van der Waals surface area contributed by atoms with Gasteiger partial charge in [0.15, 0.2) is 5.65 Å². The zero-order valence-corrected chi connectivity index (χ0v) is 16.8. The number of nitrogens with zero attached hydrogens (tertiary/aromatic N) is 3. The molecule has 2 aromatic heterocycles. The minimum absolute atomic E-state index is 0.184. The molecule has 148 valence electrons. The third kappa shape index (κ3) is 4.57. The Bertz CT molecular complexity index is 947. The molecule has 0 saturated heterocycles. The Morgan fingerprint density at radius 1 is 1.18 bits per heavy atom. The van der Waals surface area contributed by atoms with Crippen LogP contribution >= 0.6 is 0 Å². The summed E-state index contributed by atoms with van der Waals surface area (Å²) in [4.78, 5) is 21.0. The predicted octanol–water partition coefficient (Wildman–Crippen LogP) is 3.50. The molecule has 2 N–H and O–H groups in total. The Morgan fingerprint density at radius 3 is 2.61 bits per heavy atom. The van der Waals surface area contributed by atoms with Crippen LogP contribution in [0.2, 0.25) is 0 Å². The van der Waals surface area contributed by atoms with E-state index in [2.05, 4.69) is 35.8 Å². The summed E-state index contributed by atoms with van der Waals surface area (Å²) in [7, 11) is 0. The normalized spacial score (nSPS) is 12.4. The van der Waals surface area contributed by atoms with Gasteiger partial charge < -0.3 is 15.0 Å². The number of carbonyl (C=O) groups excluding carboxylic acids is 1. The standard InChI is InChI=1S/C22H28N4O2/c1-4-28-14-13-26-20(12-7-16(3)21(23)27)24-19-11-10-18(25-22(19)26)17-8-5-15(2)6-9-17/h5-6,8-11,16H,4,7,12-14H2,1-3H3,(H2,23,27)/t16-/m1/s1. The maximum absolute atomic E-state index is 11.4. The fourth-order valence-corrected chi connectivity index (χ4v) is 3.15. The van der Waals surface area contributed by atoms with E-state index >= 15 is 0 Å². The topological polar surface area (TPSA) is 83.0 Å². The van der Waals surface area contributed by atoms with Crippen LogP contribution in [0.15, 0.2) is 36.4 Å². The van der Waals surface area contributed by atoms with Crippen molar-refractivity contribution < 1.29 is 9.53 Å². The van der Waals surface area contributed by atoms with Gasteiger partial charge in [-0.05, 0) is 32.4 Å². The molecule has 2 heterocycles. The minimum Gasteiger partial charge on any atom is -0.380 e. The van der Waals surface area contributed by atoms with Crippen molar-refractivity contribution in [2.45, 2.75) is 40.2 Å². The lowest BCUT2D eigenvalue weighted by Crippen LogP contribution is -2.21. The van der Waals surface area contributed by atoms with Crippen LogP contribution in [0.25, 0.3) is 22.4 Å². The number of ether oxygens (including phenoxy) is 1. The predicted molar refractivity (Wildman–Crippen MR) is 111 cm³/mol. The summed E-state index contributed by atoms with van der Waals surface area (Å²) >= 11 is 0. The molecule has 0 fully saturated rings. The smallest absolute Gasteiger partial charge is 0.220 e. The quantitative estimate of drug-likeness (QED) is 0.576. The van der Waals surface area contributed by atoms with Gasteiger partial charge in [0.25, 0.3) is 0 Å². The van der Waals surface area contributed by atoms with Gasteiger partial charge in [0.05, 0.1) is 12.3 Å². The number of aromatic nitrogens is 3. The van der Waals surface area contributed by atoms with Gasteiger partial charge in [-0.25, -0.2) is 9.97 Å². The van der Waals surface area contributed by atoms with Crippen molar-refractivity contribution in [2.24, 2.45) is 11.7 Å². The van der Waals surface area contributed by atoms with Crippen molar-refractivity contribution in [3.05, 3.63) is 47.8 Å². The highest BCUT2D eigenvalue weighted by Gasteiger charge is 2.16. The van der Waals surface area contributed by atoms with Crippen molar-refractivity contribution in [2.75, 3.05) is 13.2 Å². The number of hydrogen-bond donors (Lipinski definition) is 1. The number of amides is 1. The Morgan fingerprint density at radius 2 is 1.93 bits per heavy atom. The van der Waals surface area contributed by atoms with Crippen molar-refractivity contribution in [1.82, 2.24) is 14.5 Å². The van der Waals surface area contributed by atoms with Crippen molar-refractivity contribution in [3.8, 4) is 11.3 Å². The van der Waals surface area contributed by atoms with E-state index in [1.54, 1.807) is 0 Å². The van der Waals surface area contributed by atoms with E-state index in [4.69, 9.17) is 20.4 Å². The summed E-state index contributed by atoms with van der Waals surface area (Å²) in [6, 6.07) is 12.4. The molecule has 0 radical (unpaired) electrons. The SMILES string of the molecule is CCOCCn1c(CC[C@@H](C)C(N)=O)nc2ccc(-c3ccc(C)cc3)nc21. The molecule has 0 aliphatic rings. The summed E-state index contributed by atoms with van der Waals surface area (Å²) < 4.78 is 7.66. The lowest BCUT2D eigenvalue weighted by atomic mass is 10.1. The Kier molecular flexibility index (Phi) is 6.41. The molecule has 0 aliphatic heterocycles. The summed E-state index contributed by atoms with van der Waals surface area (Å²) in [5.41, 5.74) is 10.3. The lowest BCUT2D eigenvalue weighted by Gasteiger charge is -2.11. The highest BCUT2D eigenvalue weighted by Crippen LogP contribution is 2.23. The molecule has 0 spiro atoms. The number of benzene rings is 1. The fourth-order valence-electron chi connectivity index (χ4n) is 3.15. The second-order valence-electron chi connectivity index (χ2n) is 7.12. The van der Waals surface area contributed by atoms with Gasteiger partial charge in [0.1, 0.15) is 11.3 Å². The van der Waals surface area contributed by atoms with Crippen molar-refractivity contribution in [1.29, 1.82) is 0 Å². The van der Waals surface area contributed by atoms with Gasteiger partial charge >= 0.3 is 0 Å². The maximum Gasteiger partial charge on any atom is 0.220 e. The zero-order valence-electron chi connectivity index (χ0n) is 16.8. The highest BCUT2D eigenvalue weighted by molar-refractivity contribution is 5.77. The molecular weight excluding hydrogens is 352 g/mol. The van der Waals surface area contributed by atoms with Crippen LogP contribution in [0.3, 0.4) is 0 Å². The Labute approximate surface area is 165 Å². The summed E-state index contributed by atoms with van der Waals surface area (Å²) in [5.74, 6) is 0.448.